The van der Waals surface area contributed by atoms with E-state index in [0.29, 0.717) is 10.5 Å². The van der Waals surface area contributed by atoms with Crippen molar-refractivity contribution in [2.24, 2.45) is 5.92 Å². The highest BCUT2D eigenvalue weighted by molar-refractivity contribution is 8.03. The number of rotatable bonds is 0. The maximum absolute atomic E-state index is 12.3. The Bertz CT molecular complexity index is 562. The lowest BCUT2D eigenvalue weighted by Gasteiger charge is -2.30. The Morgan fingerprint density at radius 1 is 1.29 bits per heavy atom. The molecule has 86 valence electrons. The van der Waals surface area contributed by atoms with Crippen molar-refractivity contribution < 1.29 is 9.90 Å². The largest absolute Gasteiger partial charge is 0.507 e. The molecule has 3 rings (SSSR count). The molecule has 0 spiro atoms. The molecule has 1 aliphatic carbocycles. The Hall–Kier alpha value is -1.19. The smallest absolute Gasteiger partial charge is 0.173 e. The SMILES string of the molecule is O=C1c2ccccc2SC2=C(O)C=CC(Cl)C12. The van der Waals surface area contributed by atoms with Crippen LogP contribution in [-0.4, -0.2) is 16.3 Å². The molecule has 0 aromatic heterocycles. The number of alkyl halides is 1. The highest BCUT2D eigenvalue weighted by Gasteiger charge is 2.39. The number of ketones is 1. The molecule has 0 amide bonds. The summed E-state index contributed by atoms with van der Waals surface area (Å²) in [4.78, 5) is 13.9. The Balaban J connectivity index is 2.18. The molecule has 1 N–H and O–H groups in total. The van der Waals surface area contributed by atoms with Gasteiger partial charge in [0, 0.05) is 15.4 Å². The normalized spacial score (nSPS) is 26.8. The zero-order valence-corrected chi connectivity index (χ0v) is 10.3. The van der Waals surface area contributed by atoms with Gasteiger partial charge in [-0.05, 0) is 12.1 Å². The van der Waals surface area contributed by atoms with Crippen molar-refractivity contribution >= 4 is 29.1 Å². The molecule has 2 aliphatic rings. The first-order chi connectivity index (χ1) is 8.18. The lowest BCUT2D eigenvalue weighted by Crippen LogP contribution is -2.30. The van der Waals surface area contributed by atoms with E-state index in [1.165, 1.54) is 11.8 Å². The second-order valence-corrected chi connectivity index (χ2v) is 5.58. The predicted octanol–water partition coefficient (Wildman–Crippen LogP) is 3.54. The van der Waals surface area contributed by atoms with E-state index in [4.69, 9.17) is 11.6 Å². The molecule has 0 saturated carbocycles. The number of aliphatic hydroxyl groups excluding tert-OH is 1. The van der Waals surface area contributed by atoms with E-state index in [9.17, 15) is 9.90 Å². The number of thioether (sulfide) groups is 1. The second kappa shape index (κ2) is 3.93. The summed E-state index contributed by atoms with van der Waals surface area (Å²) >= 11 is 7.58. The van der Waals surface area contributed by atoms with Crippen LogP contribution in [0.1, 0.15) is 10.4 Å². The summed E-state index contributed by atoms with van der Waals surface area (Å²) in [5, 5.41) is 9.45. The Morgan fingerprint density at radius 2 is 2.06 bits per heavy atom. The number of hydrogen-bond acceptors (Lipinski definition) is 3. The first-order valence-corrected chi connectivity index (χ1v) is 6.50. The molecule has 0 radical (unpaired) electrons. The van der Waals surface area contributed by atoms with Crippen molar-refractivity contribution in [1.82, 2.24) is 0 Å². The van der Waals surface area contributed by atoms with Gasteiger partial charge in [0.05, 0.1) is 11.3 Å². The molecule has 1 heterocycles. The third-order valence-electron chi connectivity index (χ3n) is 2.95. The maximum Gasteiger partial charge on any atom is 0.173 e. The Kier molecular flexibility index (Phi) is 2.53. The minimum Gasteiger partial charge on any atom is -0.507 e. The topological polar surface area (TPSA) is 37.3 Å². The fourth-order valence-corrected chi connectivity index (χ4v) is 3.71. The van der Waals surface area contributed by atoms with E-state index in [2.05, 4.69) is 0 Å². The summed E-state index contributed by atoms with van der Waals surface area (Å²) in [6.45, 7) is 0. The summed E-state index contributed by atoms with van der Waals surface area (Å²) in [6, 6.07) is 7.41. The third kappa shape index (κ3) is 1.61. The number of halogens is 1. The fourth-order valence-electron chi connectivity index (χ4n) is 2.10. The Labute approximate surface area is 108 Å². The summed E-state index contributed by atoms with van der Waals surface area (Å²) in [5.41, 5.74) is 0.694. The van der Waals surface area contributed by atoms with Crippen LogP contribution < -0.4 is 0 Å². The van der Waals surface area contributed by atoms with E-state index >= 15 is 0 Å². The van der Waals surface area contributed by atoms with E-state index < -0.39 is 5.92 Å². The fraction of sp³-hybridized carbons (Fsp3) is 0.154. The third-order valence-corrected chi connectivity index (χ3v) is 4.60. The number of carbonyl (C=O) groups is 1. The predicted molar refractivity (Wildman–Crippen MR) is 68.6 cm³/mol. The van der Waals surface area contributed by atoms with Gasteiger partial charge in [-0.2, -0.15) is 0 Å². The summed E-state index contributed by atoms with van der Waals surface area (Å²) in [5.74, 6) is -0.299. The molecule has 0 fully saturated rings. The lowest BCUT2D eigenvalue weighted by atomic mass is 9.90. The molecule has 4 heteroatoms. The molecule has 1 aromatic carbocycles. The average molecular weight is 265 g/mol. The van der Waals surface area contributed by atoms with Crippen LogP contribution >= 0.6 is 23.4 Å². The Morgan fingerprint density at radius 3 is 2.88 bits per heavy atom. The zero-order chi connectivity index (χ0) is 12.0. The van der Waals surface area contributed by atoms with Crippen LogP contribution in [0.3, 0.4) is 0 Å². The highest BCUT2D eigenvalue weighted by Crippen LogP contribution is 2.46. The van der Waals surface area contributed by atoms with Crippen molar-refractivity contribution in [3.05, 3.63) is 52.6 Å². The highest BCUT2D eigenvalue weighted by atomic mass is 35.5. The standard InChI is InChI=1S/C13H9ClO2S/c14-8-5-6-9(15)13-11(8)12(16)7-3-1-2-4-10(7)17-13/h1-6,8,11,15H. The van der Waals surface area contributed by atoms with Gasteiger partial charge in [0.1, 0.15) is 5.76 Å². The number of aliphatic hydroxyl groups is 1. The number of carbonyl (C=O) groups excluding carboxylic acids is 1. The van der Waals surface area contributed by atoms with E-state index in [-0.39, 0.29) is 16.9 Å². The van der Waals surface area contributed by atoms with Crippen molar-refractivity contribution in [3.63, 3.8) is 0 Å². The minimum atomic E-state index is -0.443. The molecule has 0 bridgehead atoms. The lowest BCUT2D eigenvalue weighted by molar-refractivity contribution is 0.0937. The van der Waals surface area contributed by atoms with Gasteiger partial charge < -0.3 is 5.11 Å². The van der Waals surface area contributed by atoms with E-state index in [0.717, 1.165) is 4.90 Å². The van der Waals surface area contributed by atoms with Gasteiger partial charge in [-0.3, -0.25) is 4.79 Å². The van der Waals surface area contributed by atoms with E-state index in [1.54, 1.807) is 18.2 Å². The van der Waals surface area contributed by atoms with Gasteiger partial charge in [-0.1, -0.05) is 36.0 Å². The quantitative estimate of drug-likeness (QED) is 0.729. The van der Waals surface area contributed by atoms with Gasteiger partial charge in [0.25, 0.3) is 0 Å². The van der Waals surface area contributed by atoms with Gasteiger partial charge in [0.15, 0.2) is 5.78 Å². The van der Waals surface area contributed by atoms with Crippen LogP contribution in [0.4, 0.5) is 0 Å². The second-order valence-electron chi connectivity index (χ2n) is 3.99. The molecule has 1 aromatic rings. The summed E-state index contributed by atoms with van der Waals surface area (Å²) < 4.78 is 0. The van der Waals surface area contributed by atoms with Crippen LogP contribution in [0.2, 0.25) is 0 Å². The van der Waals surface area contributed by atoms with Gasteiger partial charge in [0.2, 0.25) is 0 Å². The molecular weight excluding hydrogens is 256 g/mol. The number of allylic oxidation sites excluding steroid dienone is 3. The average Bonchev–Trinajstić information content (AvgIpc) is 2.34. The van der Waals surface area contributed by atoms with Crippen molar-refractivity contribution in [1.29, 1.82) is 0 Å². The summed E-state index contributed by atoms with van der Waals surface area (Å²) in [7, 11) is 0. The van der Waals surface area contributed by atoms with Gasteiger partial charge in [-0.15, -0.1) is 11.6 Å². The molecule has 1 aliphatic heterocycles. The number of hydrogen-bond donors (Lipinski definition) is 1. The van der Waals surface area contributed by atoms with E-state index in [1.807, 2.05) is 18.2 Å². The van der Waals surface area contributed by atoms with Crippen LogP contribution in [-0.2, 0) is 0 Å². The van der Waals surface area contributed by atoms with Crippen LogP contribution in [0.25, 0.3) is 0 Å². The minimum absolute atomic E-state index is 0.00903. The number of Topliss-reactive ketones (excluding diaryl/α,β-unsaturated/α-hetero) is 1. The molecule has 0 saturated heterocycles. The van der Waals surface area contributed by atoms with Crippen LogP contribution in [0.15, 0.2) is 52.0 Å². The summed E-state index contributed by atoms with van der Waals surface area (Å²) in [6.07, 6.45) is 3.23. The molecule has 2 atom stereocenters. The molecular formula is C13H9ClO2S. The molecule has 2 unspecified atom stereocenters. The zero-order valence-electron chi connectivity index (χ0n) is 8.76. The maximum atomic E-state index is 12.3. The molecule has 17 heavy (non-hydrogen) atoms. The van der Waals surface area contributed by atoms with Crippen molar-refractivity contribution in [2.45, 2.75) is 10.3 Å². The van der Waals surface area contributed by atoms with Gasteiger partial charge >= 0.3 is 0 Å². The van der Waals surface area contributed by atoms with Crippen molar-refractivity contribution in [2.75, 3.05) is 0 Å². The first-order valence-electron chi connectivity index (χ1n) is 5.25. The van der Waals surface area contributed by atoms with Crippen LogP contribution in [0.5, 0.6) is 0 Å². The van der Waals surface area contributed by atoms with Crippen LogP contribution in [0, 0.1) is 5.92 Å². The first kappa shape index (κ1) is 10.9. The monoisotopic (exact) mass is 264 g/mol. The number of benzene rings is 1. The molecule has 2 nitrogen and oxygen atoms in total. The van der Waals surface area contributed by atoms with Gasteiger partial charge in [-0.25, -0.2) is 0 Å². The van der Waals surface area contributed by atoms with Crippen molar-refractivity contribution in [3.8, 4) is 0 Å². The number of fused-ring (bicyclic) bond motifs is 2.